The Bertz CT molecular complexity index is 2020. The Morgan fingerprint density at radius 2 is 0.919 bits per heavy atom. The van der Waals surface area contributed by atoms with Gasteiger partial charge in [0.2, 0.25) is 17.7 Å². The van der Waals surface area contributed by atoms with E-state index in [-0.39, 0.29) is 0 Å². The number of oxazole rings is 3. The fourth-order valence-corrected chi connectivity index (χ4v) is 4.84. The summed E-state index contributed by atoms with van der Waals surface area (Å²) >= 11 is 0. The molecule has 3 heterocycles. The van der Waals surface area contributed by atoms with E-state index in [1.807, 2.05) is 91.0 Å². The van der Waals surface area contributed by atoms with Gasteiger partial charge in [0.05, 0.1) is 0 Å². The Hall–Kier alpha value is -5.23. The van der Waals surface area contributed by atoms with E-state index >= 15 is 0 Å². The minimum atomic E-state index is 0.521. The number of fused-ring (bicyclic) bond motifs is 4. The van der Waals surface area contributed by atoms with Crippen LogP contribution in [0, 0.1) is 0 Å². The molecule has 0 atom stereocenters. The van der Waals surface area contributed by atoms with Crippen LogP contribution >= 0.6 is 0 Å². The first-order valence-electron chi connectivity index (χ1n) is 11.9. The minimum absolute atomic E-state index is 0.521. The Morgan fingerprint density at radius 1 is 0.405 bits per heavy atom. The Balaban J connectivity index is 1.44. The summed E-state index contributed by atoms with van der Waals surface area (Å²) in [5.41, 5.74) is 7.12. The summed E-state index contributed by atoms with van der Waals surface area (Å²) in [5.74, 6) is 1.59. The van der Waals surface area contributed by atoms with Crippen molar-refractivity contribution in [2.75, 3.05) is 0 Å². The van der Waals surface area contributed by atoms with Gasteiger partial charge in [-0.2, -0.15) is 0 Å². The summed E-state index contributed by atoms with van der Waals surface area (Å²) in [4.78, 5) is 14.3. The number of rotatable bonds is 3. The average molecular weight is 479 g/mol. The van der Waals surface area contributed by atoms with E-state index in [2.05, 4.69) is 12.1 Å². The Kier molecular flexibility index (Phi) is 4.13. The van der Waals surface area contributed by atoms with Gasteiger partial charge < -0.3 is 13.3 Å². The van der Waals surface area contributed by atoms with Crippen molar-refractivity contribution in [1.29, 1.82) is 0 Å². The standard InChI is InChI=1S/C31H17N3O3/c1-4-13-26-23(10-1)32-29(35-26)18-16-21-19(22(17-18)31-34-25-12-3-6-15-28(25)37-31)8-7-9-20(21)30-33-24-11-2-5-14-27(24)36-30/h1-17H. The molecule has 0 saturated carbocycles. The van der Waals surface area contributed by atoms with Gasteiger partial charge in [-0.3, -0.25) is 0 Å². The molecule has 174 valence electrons. The highest BCUT2D eigenvalue weighted by atomic mass is 16.4. The van der Waals surface area contributed by atoms with Gasteiger partial charge in [-0.15, -0.1) is 0 Å². The zero-order valence-electron chi connectivity index (χ0n) is 19.4. The van der Waals surface area contributed by atoms with E-state index in [1.165, 1.54) is 0 Å². The zero-order chi connectivity index (χ0) is 24.3. The molecule has 6 nitrogen and oxygen atoms in total. The molecule has 0 aliphatic carbocycles. The van der Waals surface area contributed by atoms with Crippen molar-refractivity contribution in [2.45, 2.75) is 0 Å². The van der Waals surface area contributed by atoms with Crippen molar-refractivity contribution in [3.05, 3.63) is 103 Å². The summed E-state index contributed by atoms with van der Waals surface area (Å²) < 4.78 is 18.5. The van der Waals surface area contributed by atoms with Crippen molar-refractivity contribution < 1.29 is 13.3 Å². The molecule has 0 fully saturated rings. The lowest BCUT2D eigenvalue weighted by Gasteiger charge is -2.09. The first kappa shape index (κ1) is 20.0. The molecule has 0 amide bonds. The molecule has 8 aromatic rings. The average Bonchev–Trinajstić information content (AvgIpc) is 3.68. The number of hydrogen-bond donors (Lipinski definition) is 0. The zero-order valence-corrected chi connectivity index (χ0v) is 19.4. The molecule has 0 radical (unpaired) electrons. The van der Waals surface area contributed by atoms with E-state index in [0.717, 1.165) is 60.8 Å². The molecule has 0 saturated heterocycles. The van der Waals surface area contributed by atoms with E-state index in [4.69, 9.17) is 28.2 Å². The van der Waals surface area contributed by atoms with Gasteiger partial charge in [0.25, 0.3) is 0 Å². The molecule has 37 heavy (non-hydrogen) atoms. The molecule has 0 N–H and O–H groups in total. The lowest BCUT2D eigenvalue weighted by molar-refractivity contribution is 0.617. The second-order valence-corrected chi connectivity index (χ2v) is 8.88. The predicted octanol–water partition coefficient (Wildman–Crippen LogP) is 8.26. The third-order valence-corrected chi connectivity index (χ3v) is 6.59. The van der Waals surface area contributed by atoms with Crippen LogP contribution in [0.1, 0.15) is 0 Å². The normalized spacial score (nSPS) is 11.8. The van der Waals surface area contributed by atoms with Crippen LogP contribution in [0.25, 0.3) is 78.4 Å². The first-order valence-corrected chi connectivity index (χ1v) is 11.9. The summed E-state index contributed by atoms with van der Waals surface area (Å²) in [7, 11) is 0. The summed E-state index contributed by atoms with van der Waals surface area (Å²) in [5, 5.41) is 1.90. The van der Waals surface area contributed by atoms with Crippen LogP contribution in [0.5, 0.6) is 0 Å². The Labute approximate surface area is 209 Å². The lowest BCUT2D eigenvalue weighted by atomic mass is 9.96. The number of aromatic nitrogens is 3. The van der Waals surface area contributed by atoms with Crippen molar-refractivity contribution in [3.8, 4) is 34.4 Å². The van der Waals surface area contributed by atoms with Gasteiger partial charge in [0.15, 0.2) is 16.7 Å². The van der Waals surface area contributed by atoms with Crippen LogP contribution in [-0.4, -0.2) is 15.0 Å². The maximum absolute atomic E-state index is 6.20. The van der Waals surface area contributed by atoms with Gasteiger partial charge in [0, 0.05) is 16.7 Å². The molecular weight excluding hydrogens is 462 g/mol. The van der Waals surface area contributed by atoms with E-state index < -0.39 is 0 Å². The molecule has 0 unspecified atom stereocenters. The molecule has 3 aromatic heterocycles. The smallest absolute Gasteiger partial charge is 0.227 e. The molecule has 0 spiro atoms. The number of nitrogens with zero attached hydrogens (tertiary/aromatic N) is 3. The van der Waals surface area contributed by atoms with E-state index in [9.17, 15) is 0 Å². The second-order valence-electron chi connectivity index (χ2n) is 8.88. The minimum Gasteiger partial charge on any atom is -0.436 e. The number of benzene rings is 5. The molecule has 5 aromatic carbocycles. The fourth-order valence-electron chi connectivity index (χ4n) is 4.84. The van der Waals surface area contributed by atoms with Crippen LogP contribution in [0.2, 0.25) is 0 Å². The molecule has 0 aliphatic heterocycles. The van der Waals surface area contributed by atoms with Gasteiger partial charge in [0.1, 0.15) is 16.6 Å². The SMILES string of the molecule is c1ccc2oc(-c3cc(-c4nc5ccccc5o4)c4cccc(-c5nc6ccccc6o5)c4c3)nc2c1. The highest BCUT2D eigenvalue weighted by molar-refractivity contribution is 6.05. The van der Waals surface area contributed by atoms with Gasteiger partial charge in [-0.1, -0.05) is 48.5 Å². The van der Waals surface area contributed by atoms with Crippen LogP contribution < -0.4 is 0 Å². The first-order chi connectivity index (χ1) is 18.3. The topological polar surface area (TPSA) is 78.1 Å². The maximum Gasteiger partial charge on any atom is 0.227 e. The quantitative estimate of drug-likeness (QED) is 0.254. The summed E-state index contributed by atoms with van der Waals surface area (Å²) in [6.45, 7) is 0. The van der Waals surface area contributed by atoms with Crippen LogP contribution in [0.3, 0.4) is 0 Å². The number of hydrogen-bond acceptors (Lipinski definition) is 6. The second kappa shape index (κ2) is 7.63. The van der Waals surface area contributed by atoms with Crippen molar-refractivity contribution in [1.82, 2.24) is 15.0 Å². The van der Waals surface area contributed by atoms with Gasteiger partial charge in [-0.05, 0) is 65.4 Å². The predicted molar refractivity (Wildman–Crippen MR) is 143 cm³/mol. The molecule has 0 bridgehead atoms. The molecule has 6 heteroatoms. The van der Waals surface area contributed by atoms with Crippen molar-refractivity contribution in [3.63, 3.8) is 0 Å². The van der Waals surface area contributed by atoms with E-state index in [0.29, 0.717) is 17.7 Å². The third kappa shape index (κ3) is 3.16. The maximum atomic E-state index is 6.20. The monoisotopic (exact) mass is 479 g/mol. The molecule has 8 rings (SSSR count). The van der Waals surface area contributed by atoms with Crippen molar-refractivity contribution in [2.24, 2.45) is 0 Å². The largest absolute Gasteiger partial charge is 0.436 e. The van der Waals surface area contributed by atoms with Gasteiger partial charge >= 0.3 is 0 Å². The highest BCUT2D eigenvalue weighted by Crippen LogP contribution is 2.40. The van der Waals surface area contributed by atoms with E-state index in [1.54, 1.807) is 0 Å². The lowest BCUT2D eigenvalue weighted by Crippen LogP contribution is -1.89. The molecular formula is C31H17N3O3. The Morgan fingerprint density at radius 3 is 1.51 bits per heavy atom. The van der Waals surface area contributed by atoms with Crippen LogP contribution in [0.4, 0.5) is 0 Å². The molecule has 0 aliphatic rings. The summed E-state index contributed by atoms with van der Waals surface area (Å²) in [6, 6.07) is 33.4. The fraction of sp³-hybridized carbons (Fsp3) is 0. The van der Waals surface area contributed by atoms with Gasteiger partial charge in [-0.25, -0.2) is 15.0 Å². The third-order valence-electron chi connectivity index (χ3n) is 6.59. The van der Waals surface area contributed by atoms with Crippen LogP contribution in [0.15, 0.2) is 116 Å². The highest BCUT2D eigenvalue weighted by Gasteiger charge is 2.20. The van der Waals surface area contributed by atoms with Crippen molar-refractivity contribution >= 4 is 44.1 Å². The number of para-hydroxylation sites is 6. The van der Waals surface area contributed by atoms with Crippen LogP contribution in [-0.2, 0) is 0 Å². The summed E-state index contributed by atoms with van der Waals surface area (Å²) in [6.07, 6.45) is 0.